The summed E-state index contributed by atoms with van der Waals surface area (Å²) in [6.45, 7) is 5.72. The summed E-state index contributed by atoms with van der Waals surface area (Å²) in [5.41, 5.74) is 1.13. The molecule has 0 amide bonds. The lowest BCUT2D eigenvalue weighted by atomic mass is 10.2. The zero-order valence-corrected chi connectivity index (χ0v) is 11.9. The maximum atomic E-state index is 5.40. The fourth-order valence-corrected chi connectivity index (χ4v) is 2.45. The molecule has 1 N–H and O–H groups in total. The lowest BCUT2D eigenvalue weighted by Crippen LogP contribution is -2.16. The Morgan fingerprint density at radius 1 is 1.47 bits per heavy atom. The van der Waals surface area contributed by atoms with E-state index in [4.69, 9.17) is 14.2 Å². The van der Waals surface area contributed by atoms with Gasteiger partial charge in [-0.25, -0.2) is 0 Å². The van der Waals surface area contributed by atoms with E-state index in [0.29, 0.717) is 5.75 Å². The first-order chi connectivity index (χ1) is 9.35. The minimum Gasteiger partial charge on any atom is -0.493 e. The van der Waals surface area contributed by atoms with E-state index >= 15 is 0 Å². The summed E-state index contributed by atoms with van der Waals surface area (Å²) in [7, 11) is 1.64. The molecule has 0 fully saturated rings. The largest absolute Gasteiger partial charge is 0.493 e. The highest BCUT2D eigenvalue weighted by Crippen LogP contribution is 2.41. The Balaban J connectivity index is 1.85. The van der Waals surface area contributed by atoms with Crippen LogP contribution in [0.4, 0.5) is 0 Å². The molecule has 1 aromatic carbocycles. The molecule has 0 aromatic heterocycles. The van der Waals surface area contributed by atoms with E-state index < -0.39 is 0 Å². The van der Waals surface area contributed by atoms with Gasteiger partial charge in [-0.3, -0.25) is 0 Å². The van der Waals surface area contributed by atoms with E-state index in [1.807, 2.05) is 30.0 Å². The van der Waals surface area contributed by atoms with Crippen LogP contribution in [0, 0.1) is 0 Å². The lowest BCUT2D eigenvalue weighted by Gasteiger charge is -2.09. The quantitative estimate of drug-likeness (QED) is 0.585. The van der Waals surface area contributed by atoms with Crippen LogP contribution in [0.3, 0.4) is 0 Å². The summed E-state index contributed by atoms with van der Waals surface area (Å²) < 4.78 is 16.1. The second-order valence-electron chi connectivity index (χ2n) is 4.07. The molecule has 1 heterocycles. The first-order valence-corrected chi connectivity index (χ1v) is 7.36. The average molecular weight is 281 g/mol. The highest BCUT2D eigenvalue weighted by Gasteiger charge is 2.19. The van der Waals surface area contributed by atoms with Crippen LogP contribution >= 0.6 is 11.8 Å². The Morgan fingerprint density at radius 2 is 2.37 bits per heavy atom. The Bertz CT molecular complexity index is 437. The van der Waals surface area contributed by atoms with Crippen LogP contribution in [0.15, 0.2) is 24.8 Å². The molecule has 2 rings (SSSR count). The van der Waals surface area contributed by atoms with E-state index in [2.05, 4.69) is 11.9 Å². The molecule has 104 valence electrons. The van der Waals surface area contributed by atoms with E-state index in [9.17, 15) is 0 Å². The smallest absolute Gasteiger partial charge is 0.231 e. The zero-order chi connectivity index (χ0) is 13.5. The van der Waals surface area contributed by atoms with Gasteiger partial charge < -0.3 is 19.5 Å². The van der Waals surface area contributed by atoms with Crippen LogP contribution in [0.1, 0.15) is 5.56 Å². The number of fused-ring (bicyclic) bond motifs is 1. The minimum absolute atomic E-state index is 0.265. The molecule has 1 aliphatic rings. The van der Waals surface area contributed by atoms with Gasteiger partial charge in [0, 0.05) is 24.6 Å². The maximum Gasteiger partial charge on any atom is 0.231 e. The van der Waals surface area contributed by atoms with E-state index in [1.165, 1.54) is 0 Å². The molecule has 4 nitrogen and oxygen atoms in total. The van der Waals surface area contributed by atoms with Gasteiger partial charge in [0.25, 0.3) is 0 Å². The molecule has 1 aromatic rings. The van der Waals surface area contributed by atoms with E-state index in [0.717, 1.165) is 41.7 Å². The predicted octanol–water partition coefficient (Wildman–Crippen LogP) is 2.43. The van der Waals surface area contributed by atoms with Crippen LogP contribution in [-0.2, 0) is 6.54 Å². The summed E-state index contributed by atoms with van der Waals surface area (Å²) in [6.07, 6.45) is 1.92. The summed E-state index contributed by atoms with van der Waals surface area (Å²) in [4.78, 5) is 0. The number of hydrogen-bond acceptors (Lipinski definition) is 5. The van der Waals surface area contributed by atoms with Crippen molar-refractivity contribution in [3.05, 3.63) is 30.4 Å². The molecule has 5 heteroatoms. The molecule has 0 bridgehead atoms. The first kappa shape index (κ1) is 14.1. The van der Waals surface area contributed by atoms with Crippen LogP contribution in [0.25, 0.3) is 0 Å². The van der Waals surface area contributed by atoms with Crippen LogP contribution in [0.5, 0.6) is 17.2 Å². The third-order valence-electron chi connectivity index (χ3n) is 2.71. The number of nitrogens with one attached hydrogen (secondary N) is 1. The maximum absolute atomic E-state index is 5.40. The van der Waals surface area contributed by atoms with Crippen molar-refractivity contribution in [2.75, 3.05) is 32.0 Å². The standard InChI is InChI=1S/C14H19NO3S/c1-3-5-19-6-4-15-9-11-7-12(16-2)14-13(8-11)17-10-18-14/h3,7-8,15H,1,4-6,9-10H2,2H3. The number of thioether (sulfide) groups is 1. The van der Waals surface area contributed by atoms with Crippen LogP contribution in [-0.4, -0.2) is 32.0 Å². The van der Waals surface area contributed by atoms with Crippen LogP contribution < -0.4 is 19.5 Å². The van der Waals surface area contributed by atoms with Crippen LogP contribution in [0.2, 0.25) is 0 Å². The van der Waals surface area contributed by atoms with Crippen molar-refractivity contribution in [2.24, 2.45) is 0 Å². The normalized spacial score (nSPS) is 12.5. The van der Waals surface area contributed by atoms with Crippen molar-refractivity contribution in [2.45, 2.75) is 6.54 Å². The first-order valence-electron chi connectivity index (χ1n) is 6.21. The Morgan fingerprint density at radius 3 is 3.16 bits per heavy atom. The fourth-order valence-electron chi connectivity index (χ4n) is 1.83. The minimum atomic E-state index is 0.265. The second kappa shape index (κ2) is 7.31. The number of rotatable bonds is 8. The number of methoxy groups -OCH3 is 1. The Labute approximate surface area is 118 Å². The van der Waals surface area contributed by atoms with Crippen molar-refractivity contribution in [1.29, 1.82) is 0 Å². The van der Waals surface area contributed by atoms with Crippen molar-refractivity contribution < 1.29 is 14.2 Å². The lowest BCUT2D eigenvalue weighted by molar-refractivity contribution is 0.171. The number of benzene rings is 1. The van der Waals surface area contributed by atoms with Crippen molar-refractivity contribution >= 4 is 11.8 Å². The molecule has 0 aliphatic carbocycles. The van der Waals surface area contributed by atoms with Gasteiger partial charge in [-0.15, -0.1) is 6.58 Å². The highest BCUT2D eigenvalue weighted by molar-refractivity contribution is 7.99. The Hall–Kier alpha value is -1.33. The van der Waals surface area contributed by atoms with Gasteiger partial charge in [-0.05, 0) is 17.7 Å². The summed E-state index contributed by atoms with van der Waals surface area (Å²) in [5, 5.41) is 3.40. The Kier molecular flexibility index (Phi) is 5.42. The van der Waals surface area contributed by atoms with Gasteiger partial charge in [0.05, 0.1) is 7.11 Å². The topological polar surface area (TPSA) is 39.7 Å². The zero-order valence-electron chi connectivity index (χ0n) is 11.1. The molecule has 1 aliphatic heterocycles. The van der Waals surface area contributed by atoms with E-state index in [1.54, 1.807) is 7.11 Å². The molecule has 0 saturated heterocycles. The van der Waals surface area contributed by atoms with E-state index in [-0.39, 0.29) is 6.79 Å². The number of hydrogen-bond donors (Lipinski definition) is 1. The molecule has 0 atom stereocenters. The van der Waals surface area contributed by atoms with Crippen molar-refractivity contribution in [3.8, 4) is 17.2 Å². The summed E-state index contributed by atoms with van der Waals surface area (Å²) in [5.74, 6) is 4.27. The van der Waals surface area contributed by atoms with Gasteiger partial charge in [0.15, 0.2) is 11.5 Å². The molecular weight excluding hydrogens is 262 g/mol. The molecule has 0 saturated carbocycles. The van der Waals surface area contributed by atoms with Crippen molar-refractivity contribution in [3.63, 3.8) is 0 Å². The summed E-state index contributed by atoms with van der Waals surface area (Å²) >= 11 is 1.87. The molecular formula is C14H19NO3S. The monoisotopic (exact) mass is 281 g/mol. The average Bonchev–Trinajstić information content (AvgIpc) is 2.90. The molecule has 0 unspecified atom stereocenters. The number of ether oxygens (including phenoxy) is 3. The fraction of sp³-hybridized carbons (Fsp3) is 0.429. The van der Waals surface area contributed by atoms with Gasteiger partial charge in [0.2, 0.25) is 12.5 Å². The van der Waals surface area contributed by atoms with Gasteiger partial charge >= 0.3 is 0 Å². The molecule has 0 spiro atoms. The summed E-state index contributed by atoms with van der Waals surface area (Å²) in [6, 6.07) is 3.98. The predicted molar refractivity (Wildman–Crippen MR) is 78.3 cm³/mol. The third-order valence-corrected chi connectivity index (χ3v) is 3.67. The van der Waals surface area contributed by atoms with Crippen molar-refractivity contribution in [1.82, 2.24) is 5.32 Å². The second-order valence-corrected chi connectivity index (χ2v) is 5.22. The third kappa shape index (κ3) is 3.81. The van der Waals surface area contributed by atoms with Gasteiger partial charge in [0.1, 0.15) is 0 Å². The SMILES string of the molecule is C=CCSCCNCc1cc(OC)c2c(c1)OCO2. The highest BCUT2D eigenvalue weighted by atomic mass is 32.2. The van der Waals surface area contributed by atoms with Gasteiger partial charge in [-0.1, -0.05) is 6.08 Å². The molecule has 0 radical (unpaired) electrons. The molecule has 19 heavy (non-hydrogen) atoms. The van der Waals surface area contributed by atoms with Gasteiger partial charge in [-0.2, -0.15) is 11.8 Å².